The number of aryl methyl sites for hydroxylation is 2. The Kier molecular flexibility index (Phi) is 8.24. The average Bonchev–Trinajstić information content (AvgIpc) is 2.65. The molecule has 2 aromatic carbocycles. The monoisotopic (exact) mass is 401 g/mol. The molecule has 2 rings (SSSR count). The Morgan fingerprint density at radius 3 is 2.07 bits per heavy atom. The highest BCUT2D eigenvalue weighted by Crippen LogP contribution is 2.20. The van der Waals surface area contributed by atoms with E-state index in [1.807, 2.05) is 89.2 Å². The van der Waals surface area contributed by atoms with E-state index in [0.29, 0.717) is 17.7 Å². The van der Waals surface area contributed by atoms with Gasteiger partial charge in [0.25, 0.3) is 0 Å². The molecule has 1 unspecified atom stereocenters. The molecule has 0 heterocycles. The molecule has 0 radical (unpaired) electrons. The Hall–Kier alpha value is -2.14. The van der Waals surface area contributed by atoms with Crippen molar-refractivity contribution in [1.29, 1.82) is 0 Å². The molecule has 0 bridgehead atoms. The molecule has 5 heteroatoms. The van der Waals surface area contributed by atoms with Gasteiger partial charge in [-0.2, -0.15) is 0 Å². The van der Waals surface area contributed by atoms with E-state index in [0.717, 1.165) is 11.1 Å². The first-order chi connectivity index (χ1) is 13.3. The number of rotatable bonds is 8. The summed E-state index contributed by atoms with van der Waals surface area (Å²) < 4.78 is 19.0. The Balaban J connectivity index is 2.20. The van der Waals surface area contributed by atoms with Crippen molar-refractivity contribution in [2.45, 2.75) is 69.9 Å². The second kappa shape index (κ2) is 10.4. The smallest absolute Gasteiger partial charge is 0.411 e. The van der Waals surface area contributed by atoms with Crippen molar-refractivity contribution in [2.75, 3.05) is 0 Å². The lowest BCUT2D eigenvalue weighted by Gasteiger charge is -2.31. The van der Waals surface area contributed by atoms with Gasteiger partial charge in [-0.25, -0.2) is 4.79 Å². The van der Waals surface area contributed by atoms with Crippen LogP contribution in [0.1, 0.15) is 45.2 Å². The Labute approximate surface area is 171 Å². The molecule has 0 aliphatic heterocycles. The molecule has 0 aliphatic carbocycles. The number of nitrogens with zero attached hydrogens (tertiary/aromatic N) is 1. The molecular weight excluding hydrogens is 370 g/mol. The van der Waals surface area contributed by atoms with Gasteiger partial charge in [0.05, 0.1) is 10.8 Å². The van der Waals surface area contributed by atoms with Crippen LogP contribution in [0.15, 0.2) is 59.5 Å². The third kappa shape index (κ3) is 6.20. The molecule has 2 atom stereocenters. The van der Waals surface area contributed by atoms with Gasteiger partial charge in [0.15, 0.2) is 5.44 Å². The van der Waals surface area contributed by atoms with Crippen molar-refractivity contribution in [2.24, 2.45) is 0 Å². The van der Waals surface area contributed by atoms with E-state index < -0.39 is 22.3 Å². The highest BCUT2D eigenvalue weighted by molar-refractivity contribution is 7.85. The van der Waals surface area contributed by atoms with Crippen LogP contribution in [0.25, 0.3) is 0 Å². The van der Waals surface area contributed by atoms with Crippen molar-refractivity contribution in [3.05, 3.63) is 65.7 Å². The molecule has 4 nitrogen and oxygen atoms in total. The summed E-state index contributed by atoms with van der Waals surface area (Å²) in [6.07, 6.45) is 0.781. The number of ether oxygens (including phenoxy) is 1. The fraction of sp³-hybridized carbons (Fsp3) is 0.435. The summed E-state index contributed by atoms with van der Waals surface area (Å²) in [7, 11) is -1.44. The molecule has 0 saturated heterocycles. The Bertz CT molecular complexity index is 764. The number of amides is 1. The SMILES string of the molecule is Cc1ccc(S(=O)[C@@H](CCc2ccccc2)OC(=O)N(C(C)C)C(C)C)cc1. The molecular formula is C23H31NO3S. The first-order valence-electron chi connectivity index (χ1n) is 9.79. The zero-order valence-electron chi connectivity index (χ0n) is 17.4. The van der Waals surface area contributed by atoms with E-state index in [2.05, 4.69) is 0 Å². The minimum Gasteiger partial charge on any atom is -0.432 e. The summed E-state index contributed by atoms with van der Waals surface area (Å²) in [6, 6.07) is 17.5. The topological polar surface area (TPSA) is 46.6 Å². The van der Waals surface area contributed by atoms with Crippen molar-refractivity contribution < 1.29 is 13.7 Å². The molecule has 1 amide bonds. The summed E-state index contributed by atoms with van der Waals surface area (Å²) in [5.41, 5.74) is 1.54. The van der Waals surface area contributed by atoms with Crippen LogP contribution >= 0.6 is 0 Å². The molecule has 0 aromatic heterocycles. The second-order valence-corrected chi connectivity index (χ2v) is 9.13. The molecule has 0 saturated carbocycles. The molecule has 28 heavy (non-hydrogen) atoms. The van der Waals surface area contributed by atoms with Gasteiger partial charge in [0.2, 0.25) is 0 Å². The standard InChI is InChI=1S/C23H31NO3S/c1-17(2)24(18(3)4)23(25)27-22(16-13-20-9-7-6-8-10-20)28(26)21-14-11-19(5)12-15-21/h6-12,14-15,17-18,22H,13,16H2,1-5H3/t22-,28?/m0/s1. The van der Waals surface area contributed by atoms with Crippen molar-refractivity contribution >= 4 is 16.9 Å². The largest absolute Gasteiger partial charge is 0.432 e. The molecule has 0 N–H and O–H groups in total. The van der Waals surface area contributed by atoms with Gasteiger partial charge in [-0.05, 0) is 58.7 Å². The minimum absolute atomic E-state index is 0.00934. The molecule has 0 fully saturated rings. The van der Waals surface area contributed by atoms with E-state index in [1.165, 1.54) is 0 Å². The fourth-order valence-corrected chi connectivity index (χ4v) is 4.36. The molecule has 0 spiro atoms. The summed E-state index contributed by atoms with van der Waals surface area (Å²) in [5.74, 6) is 0. The van der Waals surface area contributed by atoms with E-state index in [9.17, 15) is 9.00 Å². The van der Waals surface area contributed by atoms with Gasteiger partial charge >= 0.3 is 6.09 Å². The first kappa shape index (κ1) is 22.2. The Morgan fingerprint density at radius 1 is 0.964 bits per heavy atom. The van der Waals surface area contributed by atoms with Crippen LogP contribution in [-0.2, 0) is 22.0 Å². The maximum atomic E-state index is 13.2. The average molecular weight is 402 g/mol. The second-order valence-electron chi connectivity index (χ2n) is 7.54. The summed E-state index contributed by atoms with van der Waals surface area (Å²) in [6.45, 7) is 9.81. The van der Waals surface area contributed by atoms with Gasteiger partial charge in [-0.1, -0.05) is 48.0 Å². The normalized spacial score (nSPS) is 13.4. The van der Waals surface area contributed by atoms with E-state index in [1.54, 1.807) is 4.90 Å². The van der Waals surface area contributed by atoms with Gasteiger partial charge in [-0.15, -0.1) is 0 Å². The fourth-order valence-electron chi connectivity index (χ4n) is 3.15. The zero-order valence-corrected chi connectivity index (χ0v) is 18.2. The van der Waals surface area contributed by atoms with Crippen LogP contribution in [0, 0.1) is 6.92 Å². The van der Waals surface area contributed by atoms with E-state index in [-0.39, 0.29) is 12.1 Å². The van der Waals surface area contributed by atoms with Crippen molar-refractivity contribution in [3.8, 4) is 0 Å². The van der Waals surface area contributed by atoms with Crippen LogP contribution in [0.2, 0.25) is 0 Å². The molecule has 0 aliphatic rings. The van der Waals surface area contributed by atoms with Gasteiger partial charge < -0.3 is 9.64 Å². The number of benzene rings is 2. The zero-order chi connectivity index (χ0) is 20.7. The lowest BCUT2D eigenvalue weighted by Crippen LogP contribution is -2.44. The lowest BCUT2D eigenvalue weighted by atomic mass is 10.1. The number of hydrogen-bond donors (Lipinski definition) is 0. The quantitative estimate of drug-likeness (QED) is 0.602. The summed E-state index contributed by atoms with van der Waals surface area (Å²) >= 11 is 0. The van der Waals surface area contributed by atoms with Crippen LogP contribution in [0.3, 0.4) is 0 Å². The third-order valence-electron chi connectivity index (χ3n) is 4.56. The predicted molar refractivity (Wildman–Crippen MR) is 115 cm³/mol. The number of hydrogen-bond acceptors (Lipinski definition) is 3. The molecule has 2 aromatic rings. The minimum atomic E-state index is -1.44. The van der Waals surface area contributed by atoms with Crippen molar-refractivity contribution in [1.82, 2.24) is 4.90 Å². The predicted octanol–water partition coefficient (Wildman–Crippen LogP) is 5.32. The van der Waals surface area contributed by atoms with E-state index in [4.69, 9.17) is 4.74 Å². The van der Waals surface area contributed by atoms with Gasteiger partial charge in [0, 0.05) is 23.4 Å². The maximum absolute atomic E-state index is 13.2. The lowest BCUT2D eigenvalue weighted by molar-refractivity contribution is 0.0679. The van der Waals surface area contributed by atoms with Crippen LogP contribution < -0.4 is 0 Å². The summed E-state index contributed by atoms with van der Waals surface area (Å²) in [4.78, 5) is 15.2. The molecule has 152 valence electrons. The Morgan fingerprint density at radius 2 is 1.54 bits per heavy atom. The van der Waals surface area contributed by atoms with Gasteiger partial charge in [-0.3, -0.25) is 4.21 Å². The highest BCUT2D eigenvalue weighted by atomic mass is 32.2. The van der Waals surface area contributed by atoms with Crippen LogP contribution in [-0.4, -0.2) is 32.7 Å². The first-order valence-corrected chi connectivity index (χ1v) is 11.0. The highest BCUT2D eigenvalue weighted by Gasteiger charge is 2.28. The van der Waals surface area contributed by atoms with E-state index >= 15 is 0 Å². The van der Waals surface area contributed by atoms with Crippen molar-refractivity contribution in [3.63, 3.8) is 0 Å². The maximum Gasteiger partial charge on any atom is 0.411 e. The third-order valence-corrected chi connectivity index (χ3v) is 6.11. The van der Waals surface area contributed by atoms with Crippen LogP contribution in [0.4, 0.5) is 4.79 Å². The number of carbonyl (C=O) groups excluding carboxylic acids is 1. The van der Waals surface area contributed by atoms with Crippen LogP contribution in [0.5, 0.6) is 0 Å². The number of carbonyl (C=O) groups is 1. The van der Waals surface area contributed by atoms with Gasteiger partial charge in [0.1, 0.15) is 0 Å². The summed E-state index contributed by atoms with van der Waals surface area (Å²) in [5, 5.41) is 0.